The molecule has 0 atom stereocenters. The van der Waals surface area contributed by atoms with Crippen LogP contribution in [0.5, 0.6) is 0 Å². The summed E-state index contributed by atoms with van der Waals surface area (Å²) in [6, 6.07) is 12.3. The molecule has 126 valence electrons. The highest BCUT2D eigenvalue weighted by Gasteiger charge is 2.24. The van der Waals surface area contributed by atoms with Crippen molar-refractivity contribution in [1.82, 2.24) is 4.98 Å². The van der Waals surface area contributed by atoms with Gasteiger partial charge in [0.2, 0.25) is 0 Å². The largest absolute Gasteiger partial charge is 0.457 e. The van der Waals surface area contributed by atoms with Crippen LogP contribution in [0.3, 0.4) is 0 Å². The van der Waals surface area contributed by atoms with Gasteiger partial charge in [0.15, 0.2) is 0 Å². The van der Waals surface area contributed by atoms with Gasteiger partial charge in [0.05, 0.1) is 11.1 Å². The van der Waals surface area contributed by atoms with Gasteiger partial charge in [-0.2, -0.15) is 0 Å². The Balaban J connectivity index is 1.68. The van der Waals surface area contributed by atoms with Crippen molar-refractivity contribution in [2.75, 3.05) is 0 Å². The molecule has 0 spiro atoms. The minimum atomic E-state index is -0.418. The van der Waals surface area contributed by atoms with Crippen LogP contribution < -0.4 is 0 Å². The van der Waals surface area contributed by atoms with Gasteiger partial charge < -0.3 is 4.74 Å². The third kappa shape index (κ3) is 3.04. The SMILES string of the molecule is O=C(OCc1ccc(Br)cc1F)c1c2c(nc3ccccc13)CCC2. The zero-order valence-corrected chi connectivity index (χ0v) is 15.0. The number of pyridine rings is 1. The van der Waals surface area contributed by atoms with Crippen molar-refractivity contribution in [3.63, 3.8) is 0 Å². The molecule has 2 aromatic carbocycles. The summed E-state index contributed by atoms with van der Waals surface area (Å²) in [5.41, 5.74) is 3.67. The number of hydrogen-bond acceptors (Lipinski definition) is 3. The highest BCUT2D eigenvalue weighted by molar-refractivity contribution is 9.10. The fourth-order valence-corrected chi connectivity index (χ4v) is 3.63. The van der Waals surface area contributed by atoms with Crippen LogP contribution in [0.4, 0.5) is 4.39 Å². The van der Waals surface area contributed by atoms with E-state index in [0.717, 1.165) is 41.4 Å². The first-order valence-corrected chi connectivity index (χ1v) is 8.94. The molecule has 1 aliphatic rings. The first-order valence-electron chi connectivity index (χ1n) is 8.15. The Morgan fingerprint density at radius 3 is 2.88 bits per heavy atom. The summed E-state index contributed by atoms with van der Waals surface area (Å²) in [6.45, 7) is -0.0939. The van der Waals surface area contributed by atoms with E-state index in [9.17, 15) is 9.18 Å². The molecule has 0 bridgehead atoms. The Labute approximate surface area is 153 Å². The average Bonchev–Trinajstić information content (AvgIpc) is 3.06. The number of benzene rings is 2. The number of carbonyl (C=O) groups is 1. The van der Waals surface area contributed by atoms with Gasteiger partial charge >= 0.3 is 5.97 Å². The second-order valence-corrected chi connectivity index (χ2v) is 7.01. The van der Waals surface area contributed by atoms with Crippen molar-refractivity contribution in [3.05, 3.63) is 75.1 Å². The van der Waals surface area contributed by atoms with Gasteiger partial charge in [-0.3, -0.25) is 4.98 Å². The summed E-state index contributed by atoms with van der Waals surface area (Å²) in [4.78, 5) is 17.5. The lowest BCUT2D eigenvalue weighted by Crippen LogP contribution is -2.11. The topological polar surface area (TPSA) is 39.2 Å². The Kier molecular flexibility index (Phi) is 4.25. The maximum atomic E-state index is 13.9. The second kappa shape index (κ2) is 6.56. The van der Waals surface area contributed by atoms with E-state index in [1.165, 1.54) is 6.07 Å². The number of fused-ring (bicyclic) bond motifs is 2. The molecule has 4 rings (SSSR count). The maximum Gasteiger partial charge on any atom is 0.339 e. The monoisotopic (exact) mass is 399 g/mol. The number of esters is 1. The van der Waals surface area contributed by atoms with Crippen molar-refractivity contribution in [2.24, 2.45) is 0 Å². The van der Waals surface area contributed by atoms with E-state index in [1.807, 2.05) is 24.3 Å². The van der Waals surface area contributed by atoms with E-state index in [0.29, 0.717) is 15.6 Å². The highest BCUT2D eigenvalue weighted by Crippen LogP contribution is 2.30. The number of rotatable bonds is 3. The predicted octanol–water partition coefficient (Wildman–Crippen LogP) is 4.98. The number of aryl methyl sites for hydroxylation is 1. The number of ether oxygens (including phenoxy) is 1. The maximum absolute atomic E-state index is 13.9. The molecule has 0 radical (unpaired) electrons. The van der Waals surface area contributed by atoms with Crippen molar-refractivity contribution in [2.45, 2.75) is 25.9 Å². The van der Waals surface area contributed by atoms with E-state index in [-0.39, 0.29) is 6.61 Å². The average molecular weight is 400 g/mol. The Hall–Kier alpha value is -2.27. The van der Waals surface area contributed by atoms with Gasteiger partial charge in [0.1, 0.15) is 12.4 Å². The standard InChI is InChI=1S/C20H15BrFNO2/c21-13-9-8-12(16(22)10-13)11-25-20(24)19-14-4-1-2-6-17(14)23-18-7-3-5-15(18)19/h1-2,4,6,8-10H,3,5,7,11H2. The molecule has 1 heterocycles. The molecule has 0 aliphatic heterocycles. The van der Waals surface area contributed by atoms with Crippen LogP contribution >= 0.6 is 15.9 Å². The summed E-state index contributed by atoms with van der Waals surface area (Å²) >= 11 is 3.22. The molecule has 3 aromatic rings. The van der Waals surface area contributed by atoms with Crippen LogP contribution in [-0.2, 0) is 24.2 Å². The van der Waals surface area contributed by atoms with Crippen LogP contribution in [0.1, 0.15) is 33.6 Å². The molecule has 5 heteroatoms. The van der Waals surface area contributed by atoms with Crippen LogP contribution in [0, 0.1) is 5.82 Å². The molecule has 0 unspecified atom stereocenters. The van der Waals surface area contributed by atoms with Crippen LogP contribution in [0.25, 0.3) is 10.9 Å². The molecule has 0 N–H and O–H groups in total. The van der Waals surface area contributed by atoms with E-state index in [4.69, 9.17) is 4.74 Å². The zero-order valence-electron chi connectivity index (χ0n) is 13.4. The van der Waals surface area contributed by atoms with E-state index in [1.54, 1.807) is 12.1 Å². The molecule has 0 amide bonds. The summed E-state index contributed by atoms with van der Waals surface area (Å²) in [5, 5.41) is 0.796. The highest BCUT2D eigenvalue weighted by atomic mass is 79.9. The minimum absolute atomic E-state index is 0.0939. The van der Waals surface area contributed by atoms with Crippen molar-refractivity contribution in [3.8, 4) is 0 Å². The first-order chi connectivity index (χ1) is 12.1. The Morgan fingerprint density at radius 1 is 1.20 bits per heavy atom. The molecule has 0 saturated heterocycles. The minimum Gasteiger partial charge on any atom is -0.457 e. The molecule has 1 aromatic heterocycles. The van der Waals surface area contributed by atoms with Gasteiger partial charge in [-0.25, -0.2) is 9.18 Å². The van der Waals surface area contributed by atoms with Crippen molar-refractivity contribution in [1.29, 1.82) is 0 Å². The molecule has 1 aliphatic carbocycles. The third-order valence-electron chi connectivity index (χ3n) is 4.50. The molecular weight excluding hydrogens is 385 g/mol. The third-order valence-corrected chi connectivity index (χ3v) is 4.99. The summed E-state index contributed by atoms with van der Waals surface area (Å²) in [6.07, 6.45) is 2.69. The first kappa shape index (κ1) is 16.2. The number of para-hydroxylation sites is 1. The van der Waals surface area contributed by atoms with Crippen LogP contribution in [0.15, 0.2) is 46.9 Å². The predicted molar refractivity (Wildman–Crippen MR) is 97.0 cm³/mol. The molecule has 25 heavy (non-hydrogen) atoms. The lowest BCUT2D eigenvalue weighted by molar-refractivity contribution is 0.0470. The number of aromatic nitrogens is 1. The van der Waals surface area contributed by atoms with Gasteiger partial charge in [-0.15, -0.1) is 0 Å². The summed E-state index contributed by atoms with van der Waals surface area (Å²) in [5.74, 6) is -0.814. The van der Waals surface area contributed by atoms with E-state index < -0.39 is 11.8 Å². The molecular formula is C20H15BrFNO2. The summed E-state index contributed by atoms with van der Waals surface area (Å²) < 4.78 is 20.0. The fraction of sp³-hybridized carbons (Fsp3) is 0.200. The lowest BCUT2D eigenvalue weighted by atomic mass is 10.0. The lowest BCUT2D eigenvalue weighted by Gasteiger charge is -2.12. The molecule has 0 saturated carbocycles. The van der Waals surface area contributed by atoms with E-state index in [2.05, 4.69) is 20.9 Å². The van der Waals surface area contributed by atoms with Crippen molar-refractivity contribution >= 4 is 32.8 Å². The number of nitrogens with zero attached hydrogens (tertiary/aromatic N) is 1. The van der Waals surface area contributed by atoms with Crippen LogP contribution in [-0.4, -0.2) is 11.0 Å². The number of halogens is 2. The molecule has 0 fully saturated rings. The van der Waals surface area contributed by atoms with Gasteiger partial charge in [-0.1, -0.05) is 40.2 Å². The van der Waals surface area contributed by atoms with E-state index >= 15 is 0 Å². The summed E-state index contributed by atoms with van der Waals surface area (Å²) in [7, 11) is 0. The van der Waals surface area contributed by atoms with Gasteiger partial charge in [-0.05, 0) is 43.0 Å². The normalized spacial score (nSPS) is 13.0. The Bertz CT molecular complexity index is 987. The van der Waals surface area contributed by atoms with Gasteiger partial charge in [0.25, 0.3) is 0 Å². The molecule has 3 nitrogen and oxygen atoms in total. The van der Waals surface area contributed by atoms with Crippen molar-refractivity contribution < 1.29 is 13.9 Å². The van der Waals surface area contributed by atoms with Crippen LogP contribution in [0.2, 0.25) is 0 Å². The number of carbonyl (C=O) groups excluding carboxylic acids is 1. The Morgan fingerprint density at radius 2 is 2.04 bits per heavy atom. The fourth-order valence-electron chi connectivity index (χ4n) is 3.30. The number of hydrogen-bond donors (Lipinski definition) is 0. The second-order valence-electron chi connectivity index (χ2n) is 6.09. The van der Waals surface area contributed by atoms with Gasteiger partial charge in [0, 0.05) is 21.1 Å². The smallest absolute Gasteiger partial charge is 0.339 e. The quantitative estimate of drug-likeness (QED) is 0.582. The zero-order chi connectivity index (χ0) is 17.4.